The maximum absolute atomic E-state index is 13.8. The van der Waals surface area contributed by atoms with Crippen molar-refractivity contribution in [2.75, 3.05) is 24.5 Å². The van der Waals surface area contributed by atoms with Gasteiger partial charge >= 0.3 is 0 Å². The van der Waals surface area contributed by atoms with Crippen molar-refractivity contribution in [1.82, 2.24) is 25.7 Å². The highest BCUT2D eigenvalue weighted by atomic mass is 32.1. The van der Waals surface area contributed by atoms with Gasteiger partial charge in [-0.1, -0.05) is 51.1 Å². The van der Waals surface area contributed by atoms with Gasteiger partial charge in [-0.15, -0.1) is 11.3 Å². The number of rotatable bonds is 7. The van der Waals surface area contributed by atoms with E-state index in [1.807, 2.05) is 68.3 Å². The Labute approximate surface area is 246 Å². The first-order valence-corrected chi connectivity index (χ1v) is 15.4. The number of hydrogen-bond acceptors (Lipinski definition) is 7. The Kier molecular flexibility index (Phi) is 10.5. The lowest BCUT2D eigenvalue weighted by molar-refractivity contribution is -0.125. The number of hydrogen-bond donors (Lipinski definition) is 2. The van der Waals surface area contributed by atoms with Gasteiger partial charge in [0.05, 0.1) is 6.04 Å². The second kappa shape index (κ2) is 14.2. The number of hydrazine groups is 1. The molecule has 2 saturated heterocycles. The molecule has 41 heavy (non-hydrogen) atoms. The Morgan fingerprint density at radius 2 is 1.73 bits per heavy atom. The number of aryl methyl sites for hydroxylation is 1. The number of carbonyl (C=O) groups excluding carboxylic acids is 3. The van der Waals surface area contributed by atoms with Gasteiger partial charge in [0.15, 0.2) is 0 Å². The molecule has 0 aliphatic carbocycles. The van der Waals surface area contributed by atoms with Crippen LogP contribution in [-0.4, -0.2) is 52.2 Å². The van der Waals surface area contributed by atoms with Gasteiger partial charge in [-0.05, 0) is 56.7 Å². The predicted octanol–water partition coefficient (Wildman–Crippen LogP) is 5.09. The SMILES string of the molecule is CC.Cc1csc([C@H]2CCCN2C(=O)c2cc(C(=O)NNC(=O)C(C)Cc3ccccc3)nc(N3CCCC3)c2)n1. The second-order valence-corrected chi connectivity index (χ2v) is 11.2. The average molecular weight is 577 g/mol. The lowest BCUT2D eigenvalue weighted by Crippen LogP contribution is -2.44. The molecule has 2 aromatic heterocycles. The number of anilines is 1. The first kappa shape index (κ1) is 30.2. The van der Waals surface area contributed by atoms with Crippen molar-refractivity contribution in [2.45, 2.75) is 65.8 Å². The standard InChI is InChI=1S/C29H34N6O3S.C2H6/c1-19(15-21-9-4-3-5-10-21)26(36)32-33-27(37)23-16-22(17-25(31-23)34-12-6-7-13-34)29(38)35-14-8-11-24(35)28-30-20(2)18-39-28;1-2/h3-5,9-10,16-19,24H,6-8,11-15H2,1-2H3,(H,32,36)(H,33,37);1-2H3/t19?,24-;/m1./s1. The lowest BCUT2D eigenvalue weighted by Gasteiger charge is -2.24. The van der Waals surface area contributed by atoms with Crippen molar-refractivity contribution >= 4 is 34.9 Å². The van der Waals surface area contributed by atoms with Gasteiger partial charge in [0.1, 0.15) is 16.5 Å². The van der Waals surface area contributed by atoms with Crippen LogP contribution in [-0.2, 0) is 11.2 Å². The normalized spacial score (nSPS) is 17.0. The van der Waals surface area contributed by atoms with Crippen LogP contribution in [0.3, 0.4) is 0 Å². The molecule has 10 heteroatoms. The number of pyridine rings is 1. The molecule has 3 amide bonds. The average Bonchev–Trinajstić information content (AvgIpc) is 3.79. The first-order chi connectivity index (χ1) is 19.9. The Balaban J connectivity index is 0.00000189. The Bertz CT molecular complexity index is 1340. The van der Waals surface area contributed by atoms with Crippen LogP contribution in [0.2, 0.25) is 0 Å². The molecule has 9 nitrogen and oxygen atoms in total. The molecular weight excluding hydrogens is 536 g/mol. The molecule has 0 saturated carbocycles. The van der Waals surface area contributed by atoms with Crippen molar-refractivity contribution in [1.29, 1.82) is 0 Å². The van der Waals surface area contributed by atoms with Crippen LogP contribution < -0.4 is 15.8 Å². The second-order valence-electron chi connectivity index (χ2n) is 10.3. The van der Waals surface area contributed by atoms with Gasteiger partial charge in [-0.25, -0.2) is 9.97 Å². The zero-order chi connectivity index (χ0) is 29.4. The van der Waals surface area contributed by atoms with E-state index in [2.05, 4.69) is 25.7 Å². The predicted molar refractivity (Wildman–Crippen MR) is 162 cm³/mol. The van der Waals surface area contributed by atoms with E-state index >= 15 is 0 Å². The summed E-state index contributed by atoms with van der Waals surface area (Å²) in [5.74, 6) is -0.720. The summed E-state index contributed by atoms with van der Waals surface area (Å²) >= 11 is 1.58. The zero-order valence-electron chi connectivity index (χ0n) is 24.4. The van der Waals surface area contributed by atoms with Crippen molar-refractivity contribution in [3.05, 3.63) is 75.4 Å². The summed E-state index contributed by atoms with van der Waals surface area (Å²) in [5.41, 5.74) is 7.54. The molecule has 0 radical (unpaired) electrons. The van der Waals surface area contributed by atoms with Crippen molar-refractivity contribution in [2.24, 2.45) is 5.92 Å². The van der Waals surface area contributed by atoms with Crippen LogP contribution in [0.25, 0.3) is 0 Å². The number of thiazole rings is 1. The van der Waals surface area contributed by atoms with Crippen LogP contribution in [0.4, 0.5) is 5.82 Å². The smallest absolute Gasteiger partial charge is 0.288 e. The number of benzene rings is 1. The summed E-state index contributed by atoms with van der Waals surface area (Å²) in [6.07, 6.45) is 4.39. The van der Waals surface area contributed by atoms with E-state index in [1.54, 1.807) is 17.4 Å². The summed E-state index contributed by atoms with van der Waals surface area (Å²) < 4.78 is 0. The molecule has 4 heterocycles. The number of amides is 3. The van der Waals surface area contributed by atoms with E-state index < -0.39 is 5.91 Å². The molecule has 2 atom stereocenters. The van der Waals surface area contributed by atoms with E-state index in [9.17, 15) is 14.4 Å². The summed E-state index contributed by atoms with van der Waals surface area (Å²) in [6.45, 7) is 10.1. The lowest BCUT2D eigenvalue weighted by atomic mass is 10.0. The third-order valence-corrected chi connectivity index (χ3v) is 8.35. The van der Waals surface area contributed by atoms with Crippen LogP contribution in [0.5, 0.6) is 0 Å². The van der Waals surface area contributed by atoms with Crippen molar-refractivity contribution in [3.8, 4) is 0 Å². The van der Waals surface area contributed by atoms with E-state index in [0.717, 1.165) is 55.0 Å². The van der Waals surface area contributed by atoms with Gasteiger partial charge in [0.25, 0.3) is 11.8 Å². The molecule has 5 rings (SSSR count). The molecule has 3 aromatic rings. The Morgan fingerprint density at radius 1 is 1.00 bits per heavy atom. The minimum Gasteiger partial charge on any atom is -0.357 e. The topological polar surface area (TPSA) is 108 Å². The third kappa shape index (κ3) is 7.49. The molecule has 2 aliphatic rings. The van der Waals surface area contributed by atoms with Crippen LogP contribution >= 0.6 is 11.3 Å². The third-order valence-electron chi connectivity index (χ3n) is 7.29. The zero-order valence-corrected chi connectivity index (χ0v) is 25.2. The number of carbonyl (C=O) groups is 3. The molecule has 2 N–H and O–H groups in total. The Morgan fingerprint density at radius 3 is 2.41 bits per heavy atom. The maximum atomic E-state index is 13.8. The monoisotopic (exact) mass is 576 g/mol. The first-order valence-electron chi connectivity index (χ1n) is 14.5. The highest BCUT2D eigenvalue weighted by Crippen LogP contribution is 2.35. The van der Waals surface area contributed by atoms with Crippen molar-refractivity contribution < 1.29 is 14.4 Å². The van der Waals surface area contributed by atoms with Gasteiger partial charge in [-0.3, -0.25) is 25.2 Å². The quantitative estimate of drug-likeness (QED) is 0.380. The van der Waals surface area contributed by atoms with E-state index in [-0.39, 0.29) is 29.5 Å². The molecule has 218 valence electrons. The van der Waals surface area contributed by atoms with E-state index in [1.165, 1.54) is 6.07 Å². The molecule has 2 fully saturated rings. The molecular formula is C31H40N6O3S. The fraction of sp³-hybridized carbons (Fsp3) is 0.452. The highest BCUT2D eigenvalue weighted by Gasteiger charge is 2.33. The molecule has 1 aromatic carbocycles. The van der Waals surface area contributed by atoms with Gasteiger partial charge in [-0.2, -0.15) is 0 Å². The minimum absolute atomic E-state index is 0.0673. The number of likely N-dealkylation sites (tertiary alicyclic amines) is 1. The van der Waals surface area contributed by atoms with Crippen LogP contribution in [0.1, 0.15) is 89.6 Å². The van der Waals surface area contributed by atoms with Crippen molar-refractivity contribution in [3.63, 3.8) is 0 Å². The number of nitrogens with zero attached hydrogens (tertiary/aromatic N) is 4. The summed E-state index contributed by atoms with van der Waals surface area (Å²) in [5, 5.41) is 2.95. The van der Waals surface area contributed by atoms with Gasteiger partial charge < -0.3 is 9.80 Å². The summed E-state index contributed by atoms with van der Waals surface area (Å²) in [6, 6.07) is 13.0. The van der Waals surface area contributed by atoms with Crippen LogP contribution in [0.15, 0.2) is 47.8 Å². The van der Waals surface area contributed by atoms with E-state index in [4.69, 9.17) is 0 Å². The van der Waals surface area contributed by atoms with Gasteiger partial charge in [0, 0.05) is 42.2 Å². The van der Waals surface area contributed by atoms with Crippen LogP contribution in [0, 0.1) is 12.8 Å². The Hall–Kier alpha value is -3.79. The highest BCUT2D eigenvalue weighted by molar-refractivity contribution is 7.09. The largest absolute Gasteiger partial charge is 0.357 e. The minimum atomic E-state index is -0.557. The maximum Gasteiger partial charge on any atom is 0.288 e. The summed E-state index contributed by atoms with van der Waals surface area (Å²) in [4.78, 5) is 52.7. The number of nitrogens with one attached hydrogen (secondary N) is 2. The molecule has 0 bridgehead atoms. The van der Waals surface area contributed by atoms with E-state index in [0.29, 0.717) is 24.3 Å². The van der Waals surface area contributed by atoms with Gasteiger partial charge in [0.2, 0.25) is 5.91 Å². The molecule has 2 aliphatic heterocycles. The summed E-state index contributed by atoms with van der Waals surface area (Å²) in [7, 11) is 0. The fourth-order valence-electron chi connectivity index (χ4n) is 5.19. The number of aromatic nitrogens is 2. The molecule has 0 spiro atoms. The fourth-order valence-corrected chi connectivity index (χ4v) is 6.13. The molecule has 1 unspecified atom stereocenters.